The predicted molar refractivity (Wildman–Crippen MR) is 117 cm³/mol. The first kappa shape index (κ1) is 20.7. The second-order valence-electron chi connectivity index (χ2n) is 8.59. The number of H-pyrrole nitrogens is 1. The number of alkyl carbamates (subject to hydrolysis) is 1. The molecule has 5 heterocycles. The van der Waals surface area contributed by atoms with Gasteiger partial charge in [-0.15, -0.1) is 0 Å². The van der Waals surface area contributed by atoms with Crippen LogP contribution < -0.4 is 10.6 Å². The standard InChI is InChI=1S/C21H28N8O3/c1-13(2)23-21(30)32-15-9-18(31-12-15)16-10-19(26-25-16)24-20-17-8-14(11-28-5-3-6-28)27-29(17)7-4-22-20/h4,7-8,10,13,15,18H,3,5-6,9,11-12H2,1-2H3,(H,23,30)(H2,22,24,25,26)/t15-,18-/m1/s1. The third kappa shape index (κ3) is 4.53. The molecule has 0 saturated carbocycles. The molecule has 3 aromatic rings. The summed E-state index contributed by atoms with van der Waals surface area (Å²) in [7, 11) is 0. The molecule has 0 radical (unpaired) electrons. The number of fused-ring (bicyclic) bond motifs is 1. The molecule has 11 nitrogen and oxygen atoms in total. The summed E-state index contributed by atoms with van der Waals surface area (Å²) >= 11 is 0. The number of carbonyl (C=O) groups is 1. The van der Waals surface area contributed by atoms with Gasteiger partial charge in [-0.3, -0.25) is 10.00 Å². The molecule has 170 valence electrons. The summed E-state index contributed by atoms with van der Waals surface area (Å²) in [6.07, 6.45) is 4.47. The van der Waals surface area contributed by atoms with Crippen LogP contribution in [0.25, 0.3) is 5.52 Å². The molecule has 0 aliphatic carbocycles. The van der Waals surface area contributed by atoms with Crippen molar-refractivity contribution in [3.63, 3.8) is 0 Å². The van der Waals surface area contributed by atoms with Crippen molar-refractivity contribution in [1.82, 2.24) is 35.0 Å². The van der Waals surface area contributed by atoms with Crippen LogP contribution >= 0.6 is 0 Å². The van der Waals surface area contributed by atoms with Crippen LogP contribution in [0.1, 0.15) is 44.2 Å². The molecule has 0 unspecified atom stereocenters. The molecule has 3 N–H and O–H groups in total. The minimum atomic E-state index is -0.422. The maximum atomic E-state index is 11.8. The lowest BCUT2D eigenvalue weighted by Crippen LogP contribution is -2.36. The Morgan fingerprint density at radius 1 is 1.38 bits per heavy atom. The molecule has 0 bridgehead atoms. The highest BCUT2D eigenvalue weighted by atomic mass is 16.6. The van der Waals surface area contributed by atoms with Crippen molar-refractivity contribution in [3.8, 4) is 0 Å². The van der Waals surface area contributed by atoms with Gasteiger partial charge in [0.2, 0.25) is 0 Å². The number of nitrogens with zero attached hydrogens (tertiary/aromatic N) is 5. The van der Waals surface area contributed by atoms with Gasteiger partial charge >= 0.3 is 6.09 Å². The van der Waals surface area contributed by atoms with Crippen molar-refractivity contribution in [2.75, 3.05) is 25.0 Å². The van der Waals surface area contributed by atoms with E-state index >= 15 is 0 Å². The van der Waals surface area contributed by atoms with Crippen molar-refractivity contribution in [2.24, 2.45) is 0 Å². The van der Waals surface area contributed by atoms with E-state index in [1.165, 1.54) is 6.42 Å². The topological polar surface area (TPSA) is 122 Å². The number of hydrogen-bond acceptors (Lipinski definition) is 8. The van der Waals surface area contributed by atoms with Crippen LogP contribution in [-0.2, 0) is 16.0 Å². The van der Waals surface area contributed by atoms with Crippen molar-refractivity contribution in [1.29, 1.82) is 0 Å². The zero-order valence-corrected chi connectivity index (χ0v) is 18.2. The van der Waals surface area contributed by atoms with Gasteiger partial charge in [0.15, 0.2) is 11.6 Å². The number of carbonyl (C=O) groups excluding carboxylic acids is 1. The molecule has 32 heavy (non-hydrogen) atoms. The first-order valence-electron chi connectivity index (χ1n) is 11.0. The molecular weight excluding hydrogens is 412 g/mol. The quantitative estimate of drug-likeness (QED) is 0.512. The third-order valence-corrected chi connectivity index (χ3v) is 5.61. The second kappa shape index (κ2) is 8.75. The zero-order valence-electron chi connectivity index (χ0n) is 18.2. The maximum Gasteiger partial charge on any atom is 0.407 e. The van der Waals surface area contributed by atoms with E-state index in [2.05, 4.69) is 41.9 Å². The first-order valence-corrected chi connectivity index (χ1v) is 11.0. The Kier molecular flexibility index (Phi) is 5.66. The second-order valence-corrected chi connectivity index (χ2v) is 8.59. The SMILES string of the molecule is CC(C)NC(=O)O[C@H]1CO[C@@H](c2cc(Nc3nccn4nc(CN5CCC5)cc34)n[nH]2)C1. The van der Waals surface area contributed by atoms with E-state index < -0.39 is 6.09 Å². The van der Waals surface area contributed by atoms with E-state index in [9.17, 15) is 4.79 Å². The average molecular weight is 441 g/mol. The molecular formula is C21H28N8O3. The third-order valence-electron chi connectivity index (χ3n) is 5.61. The van der Waals surface area contributed by atoms with Gasteiger partial charge in [0.25, 0.3) is 0 Å². The Bertz CT molecular complexity index is 1090. The van der Waals surface area contributed by atoms with Crippen LogP contribution in [0.3, 0.4) is 0 Å². The number of amides is 1. The number of hydrogen-bond donors (Lipinski definition) is 3. The van der Waals surface area contributed by atoms with Gasteiger partial charge in [-0.05, 0) is 39.4 Å². The lowest BCUT2D eigenvalue weighted by Gasteiger charge is -2.29. The summed E-state index contributed by atoms with van der Waals surface area (Å²) in [5, 5.41) is 18.0. The van der Waals surface area contributed by atoms with Crippen LogP contribution in [0.5, 0.6) is 0 Å². The van der Waals surface area contributed by atoms with E-state index in [0.29, 0.717) is 24.7 Å². The Morgan fingerprint density at radius 3 is 3.03 bits per heavy atom. The Labute approximate surface area is 185 Å². The zero-order chi connectivity index (χ0) is 22.1. The van der Waals surface area contributed by atoms with Gasteiger partial charge in [0.05, 0.1) is 18.0 Å². The molecule has 11 heteroatoms. The Morgan fingerprint density at radius 2 is 2.25 bits per heavy atom. The van der Waals surface area contributed by atoms with E-state index in [-0.39, 0.29) is 18.2 Å². The number of nitrogens with one attached hydrogen (secondary N) is 3. The highest BCUT2D eigenvalue weighted by Gasteiger charge is 2.31. The summed E-state index contributed by atoms with van der Waals surface area (Å²) in [6, 6.07) is 3.98. The molecule has 2 atom stereocenters. The Balaban J connectivity index is 1.23. The van der Waals surface area contributed by atoms with Crippen molar-refractivity contribution >= 4 is 23.2 Å². The van der Waals surface area contributed by atoms with E-state index in [1.807, 2.05) is 30.6 Å². The first-order chi connectivity index (χ1) is 15.5. The summed E-state index contributed by atoms with van der Waals surface area (Å²) in [4.78, 5) is 18.6. The van der Waals surface area contributed by atoms with E-state index in [0.717, 1.165) is 36.5 Å². The van der Waals surface area contributed by atoms with Crippen molar-refractivity contribution in [3.05, 3.63) is 35.9 Å². The minimum absolute atomic E-state index is 0.0301. The number of aromatic nitrogens is 5. The van der Waals surface area contributed by atoms with Crippen LogP contribution in [0.4, 0.5) is 16.4 Å². The molecule has 0 aromatic carbocycles. The summed E-state index contributed by atoms with van der Waals surface area (Å²) in [5.74, 6) is 1.32. The van der Waals surface area contributed by atoms with E-state index in [4.69, 9.17) is 9.47 Å². The number of aromatic amines is 1. The molecule has 2 aliphatic heterocycles. The monoisotopic (exact) mass is 440 g/mol. The van der Waals surface area contributed by atoms with Gasteiger partial charge in [0, 0.05) is 37.5 Å². The lowest BCUT2D eigenvalue weighted by molar-refractivity contribution is 0.0682. The van der Waals surface area contributed by atoms with Crippen LogP contribution in [0.2, 0.25) is 0 Å². The normalized spacial score (nSPS) is 21.1. The van der Waals surface area contributed by atoms with Crippen LogP contribution in [0, 0.1) is 0 Å². The van der Waals surface area contributed by atoms with Crippen LogP contribution in [0.15, 0.2) is 24.5 Å². The van der Waals surface area contributed by atoms with Gasteiger partial charge in [-0.2, -0.15) is 10.2 Å². The molecule has 3 aromatic heterocycles. The molecule has 2 fully saturated rings. The molecule has 2 aliphatic rings. The maximum absolute atomic E-state index is 11.8. The summed E-state index contributed by atoms with van der Waals surface area (Å²) < 4.78 is 13.1. The largest absolute Gasteiger partial charge is 0.444 e. The number of likely N-dealkylation sites (tertiary alicyclic amines) is 1. The molecule has 5 rings (SSSR count). The molecule has 0 spiro atoms. The minimum Gasteiger partial charge on any atom is -0.444 e. The molecule has 2 saturated heterocycles. The van der Waals surface area contributed by atoms with Crippen molar-refractivity contribution < 1.29 is 14.3 Å². The summed E-state index contributed by atoms with van der Waals surface area (Å²) in [5.41, 5.74) is 2.74. The van der Waals surface area contributed by atoms with Crippen molar-refractivity contribution in [2.45, 2.75) is 51.5 Å². The number of ether oxygens (including phenoxy) is 2. The fraction of sp³-hybridized carbons (Fsp3) is 0.524. The van der Waals surface area contributed by atoms with Gasteiger partial charge in [-0.1, -0.05) is 0 Å². The highest BCUT2D eigenvalue weighted by Crippen LogP contribution is 2.31. The number of anilines is 2. The average Bonchev–Trinajstić information content (AvgIpc) is 3.43. The fourth-order valence-electron chi connectivity index (χ4n) is 3.92. The highest BCUT2D eigenvalue weighted by molar-refractivity contribution is 5.72. The number of rotatable bonds is 7. The smallest absolute Gasteiger partial charge is 0.407 e. The fourth-order valence-corrected chi connectivity index (χ4v) is 3.92. The Hall–Kier alpha value is -3.18. The van der Waals surface area contributed by atoms with Gasteiger partial charge in [-0.25, -0.2) is 14.3 Å². The van der Waals surface area contributed by atoms with Gasteiger partial charge < -0.3 is 20.1 Å². The lowest BCUT2D eigenvalue weighted by atomic mass is 10.1. The molecule has 1 amide bonds. The van der Waals surface area contributed by atoms with Crippen LogP contribution in [-0.4, -0.2) is 67.6 Å². The summed E-state index contributed by atoms with van der Waals surface area (Å²) in [6.45, 7) is 7.25. The van der Waals surface area contributed by atoms with Gasteiger partial charge in [0.1, 0.15) is 17.7 Å². The van der Waals surface area contributed by atoms with E-state index in [1.54, 1.807) is 6.20 Å². The predicted octanol–water partition coefficient (Wildman–Crippen LogP) is 2.37.